The largest absolute Gasteiger partial charge is 0.493 e. The fourth-order valence-corrected chi connectivity index (χ4v) is 2.88. The van der Waals surface area contributed by atoms with Gasteiger partial charge in [-0.2, -0.15) is 0 Å². The third kappa shape index (κ3) is 3.42. The van der Waals surface area contributed by atoms with E-state index in [-0.39, 0.29) is 6.04 Å². The van der Waals surface area contributed by atoms with E-state index >= 15 is 0 Å². The molecule has 1 aliphatic heterocycles. The minimum atomic E-state index is 0.274. The number of hydrogen-bond acceptors (Lipinski definition) is 4. The smallest absolute Gasteiger partial charge is 0.203 e. The lowest BCUT2D eigenvalue weighted by Crippen LogP contribution is -2.20. The van der Waals surface area contributed by atoms with Crippen LogP contribution in [0, 0.1) is 6.92 Å². The number of hydrogen-bond donors (Lipinski definition) is 1. The molecular weight excluding hydrogens is 290 g/mol. The summed E-state index contributed by atoms with van der Waals surface area (Å²) < 4.78 is 16.8. The summed E-state index contributed by atoms with van der Waals surface area (Å²) in [7, 11) is 1.65. The summed E-state index contributed by atoms with van der Waals surface area (Å²) in [6.07, 6.45) is 0. The van der Waals surface area contributed by atoms with Crippen LogP contribution in [0.1, 0.15) is 29.7 Å². The van der Waals surface area contributed by atoms with Crippen LogP contribution in [0.4, 0.5) is 0 Å². The van der Waals surface area contributed by atoms with Crippen LogP contribution in [0.15, 0.2) is 36.4 Å². The quantitative estimate of drug-likeness (QED) is 0.915. The zero-order valence-corrected chi connectivity index (χ0v) is 13.9. The Morgan fingerprint density at radius 1 is 1.17 bits per heavy atom. The van der Waals surface area contributed by atoms with Crippen molar-refractivity contribution < 1.29 is 14.2 Å². The van der Waals surface area contributed by atoms with Crippen molar-refractivity contribution in [3.05, 3.63) is 53.1 Å². The minimum absolute atomic E-state index is 0.274. The highest BCUT2D eigenvalue weighted by molar-refractivity contribution is 5.54. The van der Waals surface area contributed by atoms with E-state index in [1.165, 1.54) is 11.1 Å². The molecule has 1 atom stereocenters. The maximum absolute atomic E-state index is 5.68. The van der Waals surface area contributed by atoms with Crippen LogP contribution in [-0.2, 0) is 6.54 Å². The maximum Gasteiger partial charge on any atom is 0.203 e. The topological polar surface area (TPSA) is 39.7 Å². The molecular formula is C19H23NO3. The Kier molecular flexibility index (Phi) is 4.72. The molecule has 0 aromatic heterocycles. The highest BCUT2D eigenvalue weighted by atomic mass is 16.6. The fraction of sp³-hybridized carbons (Fsp3) is 0.368. The average molecular weight is 313 g/mol. The number of fused-ring (bicyclic) bond motifs is 1. The number of ether oxygens (including phenoxy) is 3. The van der Waals surface area contributed by atoms with E-state index in [1.807, 2.05) is 12.1 Å². The Morgan fingerprint density at radius 3 is 2.74 bits per heavy atom. The molecule has 1 heterocycles. The predicted molar refractivity (Wildman–Crippen MR) is 90.4 cm³/mol. The van der Waals surface area contributed by atoms with E-state index in [0.29, 0.717) is 19.0 Å². The second-order valence-electron chi connectivity index (χ2n) is 5.78. The molecule has 2 aromatic carbocycles. The third-order valence-electron chi connectivity index (χ3n) is 4.16. The molecule has 122 valence electrons. The molecule has 4 nitrogen and oxygen atoms in total. The SMILES string of the molecule is COc1cc(CN[C@@H](C)c2ccccc2C)cc2c1OCCO2. The molecule has 3 rings (SSSR count). The van der Waals surface area contributed by atoms with Crippen LogP contribution in [0.5, 0.6) is 17.2 Å². The number of rotatable bonds is 5. The van der Waals surface area contributed by atoms with Crippen LogP contribution >= 0.6 is 0 Å². The lowest BCUT2D eigenvalue weighted by atomic mass is 10.0. The zero-order chi connectivity index (χ0) is 16.2. The van der Waals surface area contributed by atoms with E-state index in [0.717, 1.165) is 23.6 Å². The average Bonchev–Trinajstić information content (AvgIpc) is 2.59. The van der Waals surface area contributed by atoms with E-state index in [1.54, 1.807) is 7.11 Å². The van der Waals surface area contributed by atoms with Gasteiger partial charge < -0.3 is 19.5 Å². The van der Waals surface area contributed by atoms with Crippen LogP contribution < -0.4 is 19.5 Å². The molecule has 23 heavy (non-hydrogen) atoms. The van der Waals surface area contributed by atoms with E-state index in [9.17, 15) is 0 Å². The van der Waals surface area contributed by atoms with Crippen LogP contribution in [0.25, 0.3) is 0 Å². The maximum atomic E-state index is 5.68. The summed E-state index contributed by atoms with van der Waals surface area (Å²) in [5.74, 6) is 2.19. The van der Waals surface area contributed by atoms with Gasteiger partial charge >= 0.3 is 0 Å². The van der Waals surface area contributed by atoms with Gasteiger partial charge in [-0.05, 0) is 42.7 Å². The lowest BCUT2D eigenvalue weighted by Gasteiger charge is -2.22. The number of aryl methyl sites for hydroxylation is 1. The van der Waals surface area contributed by atoms with Crippen molar-refractivity contribution in [1.29, 1.82) is 0 Å². The van der Waals surface area contributed by atoms with Gasteiger partial charge in [-0.15, -0.1) is 0 Å². The Morgan fingerprint density at radius 2 is 1.96 bits per heavy atom. The summed E-state index contributed by atoms with van der Waals surface area (Å²) in [5, 5.41) is 3.56. The van der Waals surface area contributed by atoms with Crippen LogP contribution in [-0.4, -0.2) is 20.3 Å². The Labute approximate surface area is 137 Å². The molecule has 0 amide bonds. The summed E-state index contributed by atoms with van der Waals surface area (Å²) in [4.78, 5) is 0. The Bertz CT molecular complexity index is 667. The van der Waals surface area contributed by atoms with Crippen molar-refractivity contribution in [2.45, 2.75) is 26.4 Å². The van der Waals surface area contributed by atoms with Crippen LogP contribution in [0.3, 0.4) is 0 Å². The molecule has 0 saturated carbocycles. The van der Waals surface area contributed by atoms with Gasteiger partial charge in [0.1, 0.15) is 13.2 Å². The van der Waals surface area contributed by atoms with Crippen LogP contribution in [0.2, 0.25) is 0 Å². The first-order valence-electron chi connectivity index (χ1n) is 7.94. The van der Waals surface area contributed by atoms with Crippen molar-refractivity contribution in [2.75, 3.05) is 20.3 Å². The van der Waals surface area contributed by atoms with Gasteiger partial charge in [0.15, 0.2) is 11.5 Å². The lowest BCUT2D eigenvalue weighted by molar-refractivity contribution is 0.165. The first-order chi connectivity index (χ1) is 11.2. The normalized spacial score (nSPS) is 14.4. The monoisotopic (exact) mass is 313 g/mol. The number of benzene rings is 2. The van der Waals surface area contributed by atoms with Crippen molar-refractivity contribution in [3.8, 4) is 17.2 Å². The van der Waals surface area contributed by atoms with Gasteiger partial charge in [0.2, 0.25) is 5.75 Å². The Hall–Kier alpha value is -2.20. The molecule has 0 saturated heterocycles. The highest BCUT2D eigenvalue weighted by Crippen LogP contribution is 2.40. The van der Waals surface area contributed by atoms with E-state index < -0.39 is 0 Å². The first-order valence-corrected chi connectivity index (χ1v) is 7.94. The molecule has 0 spiro atoms. The van der Waals surface area contributed by atoms with Crippen molar-refractivity contribution >= 4 is 0 Å². The molecule has 0 unspecified atom stereocenters. The fourth-order valence-electron chi connectivity index (χ4n) is 2.88. The molecule has 0 fully saturated rings. The Balaban J connectivity index is 1.74. The molecule has 1 aliphatic rings. The van der Waals surface area contributed by atoms with E-state index in [4.69, 9.17) is 14.2 Å². The number of nitrogens with one attached hydrogen (secondary N) is 1. The predicted octanol–water partition coefficient (Wildman–Crippen LogP) is 3.63. The summed E-state index contributed by atoms with van der Waals surface area (Å²) in [5.41, 5.74) is 3.73. The summed E-state index contributed by atoms with van der Waals surface area (Å²) >= 11 is 0. The molecule has 0 bridgehead atoms. The van der Waals surface area contributed by atoms with Crippen molar-refractivity contribution in [3.63, 3.8) is 0 Å². The zero-order valence-electron chi connectivity index (χ0n) is 13.9. The molecule has 2 aromatic rings. The third-order valence-corrected chi connectivity index (χ3v) is 4.16. The second-order valence-corrected chi connectivity index (χ2v) is 5.78. The van der Waals surface area contributed by atoms with Gasteiger partial charge in [-0.1, -0.05) is 24.3 Å². The second kappa shape index (κ2) is 6.92. The van der Waals surface area contributed by atoms with E-state index in [2.05, 4.69) is 43.4 Å². The number of methoxy groups -OCH3 is 1. The molecule has 1 N–H and O–H groups in total. The molecule has 0 radical (unpaired) electrons. The summed E-state index contributed by atoms with van der Waals surface area (Å²) in [6, 6.07) is 12.7. The minimum Gasteiger partial charge on any atom is -0.493 e. The van der Waals surface area contributed by atoms with Gasteiger partial charge in [-0.25, -0.2) is 0 Å². The summed E-state index contributed by atoms with van der Waals surface area (Å²) in [6.45, 7) is 6.19. The van der Waals surface area contributed by atoms with Gasteiger partial charge in [-0.3, -0.25) is 0 Å². The van der Waals surface area contributed by atoms with Crippen molar-refractivity contribution in [2.24, 2.45) is 0 Å². The van der Waals surface area contributed by atoms with Crippen molar-refractivity contribution in [1.82, 2.24) is 5.32 Å². The molecule has 0 aliphatic carbocycles. The standard InChI is InChI=1S/C19H23NO3/c1-13-6-4-5-7-16(13)14(2)20-12-15-10-17(21-3)19-18(11-15)22-8-9-23-19/h4-7,10-11,14,20H,8-9,12H2,1-3H3/t14-/m0/s1. The first kappa shape index (κ1) is 15.7. The van der Waals surface area contributed by atoms with Gasteiger partial charge in [0.25, 0.3) is 0 Å². The van der Waals surface area contributed by atoms with Gasteiger partial charge in [0, 0.05) is 12.6 Å². The van der Waals surface area contributed by atoms with Gasteiger partial charge in [0.05, 0.1) is 7.11 Å². The highest BCUT2D eigenvalue weighted by Gasteiger charge is 2.18. The molecule has 4 heteroatoms.